The first-order valence-electron chi connectivity index (χ1n) is 18.7. The van der Waals surface area contributed by atoms with Gasteiger partial charge in [-0.25, -0.2) is 0 Å². The van der Waals surface area contributed by atoms with Crippen molar-refractivity contribution in [2.45, 2.75) is 88.0 Å². The summed E-state index contributed by atoms with van der Waals surface area (Å²) in [5.74, 6) is 1.74. The number of nitrogens with one attached hydrogen (secondary N) is 1. The van der Waals surface area contributed by atoms with Crippen molar-refractivity contribution >= 4 is 11.6 Å². The lowest BCUT2D eigenvalue weighted by Gasteiger charge is -2.50. The van der Waals surface area contributed by atoms with Crippen molar-refractivity contribution in [1.29, 1.82) is 0 Å². The number of hydrogen-bond donors (Lipinski definition) is 2. The minimum Gasteiger partial charge on any atom is -0.497 e. The monoisotopic (exact) mass is 673 g/mol. The lowest BCUT2D eigenvalue weighted by Crippen LogP contribution is -2.55. The van der Waals surface area contributed by atoms with E-state index < -0.39 is 0 Å². The number of methoxy groups -OCH3 is 2. The molecule has 6 heteroatoms. The number of aryl methyl sites for hydroxylation is 2. The predicted octanol–water partition coefficient (Wildman–Crippen LogP) is 8.30. The molecule has 1 heterocycles. The second-order valence-electron chi connectivity index (χ2n) is 14.4. The van der Waals surface area contributed by atoms with Gasteiger partial charge in [0, 0.05) is 23.9 Å². The maximum absolute atomic E-state index is 12.9. The third-order valence-corrected chi connectivity index (χ3v) is 11.5. The highest BCUT2D eigenvalue weighted by atomic mass is 16.5. The zero-order valence-electron chi connectivity index (χ0n) is 30.1. The molecule has 1 amide bonds. The van der Waals surface area contributed by atoms with E-state index >= 15 is 0 Å². The van der Waals surface area contributed by atoms with E-state index in [4.69, 9.17) is 15.2 Å². The molecule has 2 aliphatic rings. The van der Waals surface area contributed by atoms with Crippen molar-refractivity contribution in [3.63, 3.8) is 0 Å². The van der Waals surface area contributed by atoms with Crippen molar-refractivity contribution in [2.75, 3.05) is 39.6 Å². The molecular formula is C44H55N3O3. The molecule has 0 aromatic heterocycles. The number of anilines is 1. The SMILES string of the molecule is COc1ccc(CCC(=O)NCCCC(CCCN2CCCCC23CCc2cc(OC)c(N)cc2C3)(c2ccccc2)c2ccccc2)cc1. The van der Waals surface area contributed by atoms with Gasteiger partial charge < -0.3 is 20.5 Å². The van der Waals surface area contributed by atoms with Gasteiger partial charge in [-0.2, -0.15) is 0 Å². The molecule has 0 radical (unpaired) electrons. The number of nitrogens with zero attached hydrogens (tertiary/aromatic N) is 1. The molecule has 50 heavy (non-hydrogen) atoms. The summed E-state index contributed by atoms with van der Waals surface area (Å²) in [6.45, 7) is 2.92. The Labute approximate surface area is 299 Å². The highest BCUT2D eigenvalue weighted by Crippen LogP contribution is 2.44. The zero-order valence-corrected chi connectivity index (χ0v) is 30.1. The second-order valence-corrected chi connectivity index (χ2v) is 14.4. The number of nitrogen functional groups attached to an aromatic ring is 1. The molecule has 0 bridgehead atoms. The van der Waals surface area contributed by atoms with Gasteiger partial charge in [-0.05, 0) is 129 Å². The summed E-state index contributed by atoms with van der Waals surface area (Å²) < 4.78 is 10.8. The molecule has 1 saturated heterocycles. The Morgan fingerprint density at radius 2 is 1.54 bits per heavy atom. The quantitative estimate of drug-likeness (QED) is 0.0981. The topological polar surface area (TPSA) is 76.8 Å². The molecule has 0 saturated carbocycles. The maximum Gasteiger partial charge on any atom is 0.220 e. The molecule has 1 spiro atoms. The molecule has 1 aliphatic heterocycles. The molecule has 264 valence electrons. The fourth-order valence-electron chi connectivity index (χ4n) is 8.77. The molecule has 4 aromatic rings. The maximum atomic E-state index is 12.9. The van der Waals surface area contributed by atoms with Gasteiger partial charge in [0.25, 0.3) is 0 Å². The van der Waals surface area contributed by atoms with Crippen LogP contribution in [-0.2, 0) is 29.5 Å². The average molecular weight is 674 g/mol. The normalized spacial score (nSPS) is 17.6. The van der Waals surface area contributed by atoms with Crippen molar-refractivity contribution in [3.8, 4) is 11.5 Å². The fourth-order valence-corrected chi connectivity index (χ4v) is 8.77. The standard InChI is InChI=1S/C44H55N3O3/c1-49-39-20-17-34(18-21-39)19-22-42(48)46-28-11-25-44(37-13-5-3-6-14-37,38-15-7-4-8-16-38)26-12-30-47-29-10-9-24-43(47)27-23-35-32-41(50-2)40(45)31-36(35)33-43/h3-8,13-18,20-21,31-32H,9-12,19,22-30,33,45H2,1-2H3,(H,46,48). The number of amides is 1. The molecule has 3 N–H and O–H groups in total. The van der Waals surface area contributed by atoms with Gasteiger partial charge >= 0.3 is 0 Å². The Kier molecular flexibility index (Phi) is 11.8. The van der Waals surface area contributed by atoms with Gasteiger partial charge in [-0.1, -0.05) is 79.2 Å². The van der Waals surface area contributed by atoms with Crippen LogP contribution in [0.3, 0.4) is 0 Å². The highest BCUT2D eigenvalue weighted by Gasteiger charge is 2.42. The lowest BCUT2D eigenvalue weighted by molar-refractivity contribution is -0.121. The summed E-state index contributed by atoms with van der Waals surface area (Å²) in [6, 6.07) is 34.5. The number of fused-ring (bicyclic) bond motifs is 1. The number of ether oxygens (including phenoxy) is 2. The Hall–Kier alpha value is -4.29. The number of likely N-dealkylation sites (tertiary alicyclic amines) is 1. The van der Waals surface area contributed by atoms with Crippen LogP contribution in [0.5, 0.6) is 11.5 Å². The van der Waals surface area contributed by atoms with Gasteiger partial charge in [-0.15, -0.1) is 0 Å². The van der Waals surface area contributed by atoms with Crippen LogP contribution in [0.25, 0.3) is 0 Å². The summed E-state index contributed by atoms with van der Waals surface area (Å²) in [4.78, 5) is 15.7. The van der Waals surface area contributed by atoms with E-state index in [1.807, 2.05) is 24.3 Å². The van der Waals surface area contributed by atoms with Crippen LogP contribution in [0.1, 0.15) is 85.6 Å². The molecule has 1 aliphatic carbocycles. The third kappa shape index (κ3) is 8.18. The zero-order chi connectivity index (χ0) is 34.8. The van der Waals surface area contributed by atoms with Crippen molar-refractivity contribution in [1.82, 2.24) is 10.2 Å². The first-order chi connectivity index (χ1) is 24.4. The van der Waals surface area contributed by atoms with Crippen LogP contribution in [0.15, 0.2) is 97.1 Å². The number of piperidine rings is 1. The van der Waals surface area contributed by atoms with E-state index in [1.54, 1.807) is 14.2 Å². The molecular weight excluding hydrogens is 619 g/mol. The Morgan fingerprint density at radius 1 is 0.840 bits per heavy atom. The van der Waals surface area contributed by atoms with E-state index in [2.05, 4.69) is 83.0 Å². The number of hydrogen-bond acceptors (Lipinski definition) is 5. The second kappa shape index (κ2) is 16.6. The molecule has 1 fully saturated rings. The molecule has 6 nitrogen and oxygen atoms in total. The first-order valence-corrected chi connectivity index (χ1v) is 18.7. The average Bonchev–Trinajstić information content (AvgIpc) is 3.16. The van der Waals surface area contributed by atoms with Gasteiger partial charge in [0.1, 0.15) is 11.5 Å². The minimum atomic E-state index is -0.135. The van der Waals surface area contributed by atoms with E-state index in [1.165, 1.54) is 47.9 Å². The minimum absolute atomic E-state index is 0.107. The van der Waals surface area contributed by atoms with Gasteiger partial charge in [0.05, 0.1) is 19.9 Å². The van der Waals surface area contributed by atoms with Crippen molar-refractivity contribution in [2.24, 2.45) is 0 Å². The van der Waals surface area contributed by atoms with E-state index in [-0.39, 0.29) is 16.9 Å². The Balaban J connectivity index is 1.14. The molecule has 1 atom stereocenters. The van der Waals surface area contributed by atoms with Crippen LogP contribution < -0.4 is 20.5 Å². The Morgan fingerprint density at radius 3 is 2.22 bits per heavy atom. The number of carbonyl (C=O) groups is 1. The van der Waals surface area contributed by atoms with Crippen LogP contribution in [-0.4, -0.2) is 50.2 Å². The van der Waals surface area contributed by atoms with Crippen molar-refractivity contribution < 1.29 is 14.3 Å². The summed E-state index contributed by atoms with van der Waals surface area (Å²) in [5.41, 5.74) is 13.9. The number of rotatable bonds is 15. The fraction of sp³-hybridized carbons (Fsp3) is 0.432. The third-order valence-electron chi connectivity index (χ3n) is 11.5. The largest absolute Gasteiger partial charge is 0.497 e. The van der Waals surface area contributed by atoms with Gasteiger partial charge in [0.2, 0.25) is 5.91 Å². The van der Waals surface area contributed by atoms with Crippen molar-refractivity contribution in [3.05, 3.63) is 125 Å². The summed E-state index contributed by atoms with van der Waals surface area (Å²) >= 11 is 0. The van der Waals surface area contributed by atoms with Crippen LogP contribution in [0.2, 0.25) is 0 Å². The van der Waals surface area contributed by atoms with E-state index in [9.17, 15) is 4.79 Å². The predicted molar refractivity (Wildman–Crippen MR) is 204 cm³/mol. The number of carbonyl (C=O) groups excluding carboxylic acids is 1. The van der Waals surface area contributed by atoms with Crippen LogP contribution in [0, 0.1) is 0 Å². The summed E-state index contributed by atoms with van der Waals surface area (Å²) in [5, 5.41) is 3.23. The molecule has 6 rings (SSSR count). The van der Waals surface area contributed by atoms with E-state index in [0.717, 1.165) is 80.8 Å². The van der Waals surface area contributed by atoms with Crippen LogP contribution >= 0.6 is 0 Å². The number of nitrogens with two attached hydrogens (primary N) is 1. The van der Waals surface area contributed by atoms with Gasteiger partial charge in [-0.3, -0.25) is 9.69 Å². The van der Waals surface area contributed by atoms with Crippen LogP contribution in [0.4, 0.5) is 5.69 Å². The highest BCUT2D eigenvalue weighted by molar-refractivity contribution is 5.76. The number of benzene rings is 4. The smallest absolute Gasteiger partial charge is 0.220 e. The Bertz CT molecular complexity index is 1640. The molecule has 4 aromatic carbocycles. The summed E-state index contributed by atoms with van der Waals surface area (Å²) in [6.07, 6.45) is 12.4. The lowest BCUT2D eigenvalue weighted by atomic mass is 9.68. The summed E-state index contributed by atoms with van der Waals surface area (Å²) in [7, 11) is 3.38. The first kappa shape index (κ1) is 35.5. The van der Waals surface area contributed by atoms with Gasteiger partial charge in [0.15, 0.2) is 0 Å². The molecule has 1 unspecified atom stereocenters. The van der Waals surface area contributed by atoms with E-state index in [0.29, 0.717) is 13.0 Å².